The van der Waals surface area contributed by atoms with Gasteiger partial charge >= 0.3 is 39.5 Å². The van der Waals surface area contributed by atoms with Gasteiger partial charge in [-0.15, -0.1) is 0 Å². The van der Waals surface area contributed by atoms with Crippen molar-refractivity contribution in [1.82, 2.24) is 0 Å². The summed E-state index contributed by atoms with van der Waals surface area (Å²) >= 11 is 0. The van der Waals surface area contributed by atoms with Crippen LogP contribution < -0.4 is 0 Å². The Morgan fingerprint density at radius 2 is 0.469 bits per heavy atom. The number of phosphoric acid groups is 2. The smallest absolute Gasteiger partial charge is 0.462 e. The fourth-order valence-electron chi connectivity index (χ4n) is 12.1. The van der Waals surface area contributed by atoms with Gasteiger partial charge in [0.05, 0.1) is 26.4 Å². The van der Waals surface area contributed by atoms with Gasteiger partial charge in [0.15, 0.2) is 12.2 Å². The molecule has 0 aliphatic heterocycles. The molecule has 0 aromatic heterocycles. The van der Waals surface area contributed by atoms with Gasteiger partial charge in [-0.3, -0.25) is 37.3 Å². The standard InChI is InChI=1S/C79H154O17P2/c1-8-9-10-11-12-13-14-15-16-17-18-19-20-25-28-31-34-39-48-55-62-78(83)95-74(66-89-76(81)60-53-46-38-33-30-27-24-22-21-23-26-29-32-36-43-50-57-70(2)3)68-93-97(85,86)91-64-73(80)65-92-98(87,88)94-69-75(67-90-77(82)61-54-47-42-41-45-52-59-72(6)7)96-79(84)63-56-49-40-35-37-44-51-58-71(4)5/h70-75,80H,8-69H2,1-7H3,(H,85,86)(H,87,88)/t73-,74-,75-/m1/s1. The van der Waals surface area contributed by atoms with Gasteiger partial charge in [-0.25, -0.2) is 9.13 Å². The van der Waals surface area contributed by atoms with Crippen molar-refractivity contribution in [3.63, 3.8) is 0 Å². The van der Waals surface area contributed by atoms with Crippen molar-refractivity contribution in [2.24, 2.45) is 17.8 Å². The van der Waals surface area contributed by atoms with Gasteiger partial charge in [0, 0.05) is 25.7 Å². The zero-order valence-electron chi connectivity index (χ0n) is 64.3. The highest BCUT2D eigenvalue weighted by Crippen LogP contribution is 2.45. The van der Waals surface area contributed by atoms with Gasteiger partial charge in [-0.1, -0.05) is 357 Å². The van der Waals surface area contributed by atoms with Gasteiger partial charge in [0.2, 0.25) is 0 Å². The fourth-order valence-corrected chi connectivity index (χ4v) is 13.7. The zero-order valence-corrected chi connectivity index (χ0v) is 66.0. The van der Waals surface area contributed by atoms with E-state index in [-0.39, 0.29) is 25.7 Å². The number of ether oxygens (including phenoxy) is 4. The van der Waals surface area contributed by atoms with Crippen LogP contribution in [0.2, 0.25) is 0 Å². The van der Waals surface area contributed by atoms with Crippen molar-refractivity contribution in [3.8, 4) is 0 Å². The first-order chi connectivity index (χ1) is 47.2. The van der Waals surface area contributed by atoms with Gasteiger partial charge in [0.25, 0.3) is 0 Å². The second kappa shape index (κ2) is 69.4. The van der Waals surface area contributed by atoms with Crippen LogP contribution in [0, 0.1) is 17.8 Å². The van der Waals surface area contributed by atoms with E-state index in [1.54, 1.807) is 0 Å². The SMILES string of the molecule is CCCCCCCCCCCCCCCCCCCCCCC(=O)O[C@H](COC(=O)CCCCCCCCCCCCCCCCCCC(C)C)COP(=O)(O)OC[C@@H](O)COP(=O)(O)OC[C@@H](COC(=O)CCCCCCCCC(C)C)OC(=O)CCCCCCCCCC(C)C. The van der Waals surface area contributed by atoms with Gasteiger partial charge in [0.1, 0.15) is 19.3 Å². The maximum absolute atomic E-state index is 13.1. The zero-order chi connectivity index (χ0) is 72.3. The number of hydrogen-bond donors (Lipinski definition) is 3. The van der Waals surface area contributed by atoms with Crippen molar-refractivity contribution in [2.75, 3.05) is 39.6 Å². The van der Waals surface area contributed by atoms with Crippen molar-refractivity contribution in [2.45, 2.75) is 426 Å². The summed E-state index contributed by atoms with van der Waals surface area (Å²) in [5, 5.41) is 10.6. The molecule has 0 radical (unpaired) electrons. The van der Waals surface area contributed by atoms with E-state index < -0.39 is 97.5 Å². The van der Waals surface area contributed by atoms with Gasteiger partial charge in [-0.2, -0.15) is 0 Å². The highest BCUT2D eigenvalue weighted by atomic mass is 31.2. The predicted octanol–water partition coefficient (Wildman–Crippen LogP) is 23.4. The number of aliphatic hydroxyl groups excluding tert-OH is 1. The molecule has 0 aromatic carbocycles. The summed E-state index contributed by atoms with van der Waals surface area (Å²) in [6.45, 7) is 11.8. The van der Waals surface area contributed by atoms with Crippen molar-refractivity contribution < 1.29 is 80.2 Å². The Balaban J connectivity index is 5.19. The Morgan fingerprint density at radius 3 is 0.694 bits per heavy atom. The van der Waals surface area contributed by atoms with E-state index in [4.69, 9.17) is 37.0 Å². The largest absolute Gasteiger partial charge is 0.472 e. The maximum atomic E-state index is 13.1. The van der Waals surface area contributed by atoms with E-state index in [9.17, 15) is 43.2 Å². The molecule has 0 spiro atoms. The summed E-state index contributed by atoms with van der Waals surface area (Å²) in [5.41, 5.74) is 0. The highest BCUT2D eigenvalue weighted by molar-refractivity contribution is 7.47. The Morgan fingerprint density at radius 1 is 0.276 bits per heavy atom. The minimum atomic E-state index is -4.96. The molecule has 0 saturated heterocycles. The topological polar surface area (TPSA) is 237 Å². The Labute approximate surface area is 600 Å². The second-order valence-corrected chi connectivity index (χ2v) is 32.8. The van der Waals surface area contributed by atoms with Crippen molar-refractivity contribution in [3.05, 3.63) is 0 Å². The molecular weight excluding hydrogens is 1280 g/mol. The van der Waals surface area contributed by atoms with Crippen molar-refractivity contribution >= 4 is 39.5 Å². The Kier molecular flexibility index (Phi) is 68.1. The van der Waals surface area contributed by atoms with Crippen LogP contribution in [0.15, 0.2) is 0 Å². The molecule has 5 atom stereocenters. The average Bonchev–Trinajstić information content (AvgIpc) is 0.988. The lowest BCUT2D eigenvalue weighted by Crippen LogP contribution is -2.30. The first-order valence-corrected chi connectivity index (χ1v) is 43.8. The molecule has 0 saturated carbocycles. The van der Waals surface area contributed by atoms with E-state index in [1.807, 2.05) is 0 Å². The molecule has 0 amide bonds. The molecule has 2 unspecified atom stereocenters. The number of unbranched alkanes of at least 4 members (excludes halogenated alkanes) is 45. The molecule has 0 heterocycles. The van der Waals surface area contributed by atoms with Crippen LogP contribution >= 0.6 is 15.6 Å². The predicted molar refractivity (Wildman–Crippen MR) is 400 cm³/mol. The highest BCUT2D eigenvalue weighted by Gasteiger charge is 2.30. The third-order valence-electron chi connectivity index (χ3n) is 18.4. The molecule has 0 bridgehead atoms. The van der Waals surface area contributed by atoms with Crippen LogP contribution in [0.25, 0.3) is 0 Å². The normalized spacial score (nSPS) is 14.0. The number of hydrogen-bond acceptors (Lipinski definition) is 15. The van der Waals surface area contributed by atoms with Crippen LogP contribution in [0.4, 0.5) is 0 Å². The molecule has 98 heavy (non-hydrogen) atoms. The fraction of sp³-hybridized carbons (Fsp3) is 0.949. The quantitative estimate of drug-likeness (QED) is 0.0222. The Bertz CT molecular complexity index is 1900. The molecule has 0 aromatic rings. The third kappa shape index (κ3) is 72.4. The van der Waals surface area contributed by atoms with Crippen LogP contribution in [-0.2, 0) is 65.4 Å². The lowest BCUT2D eigenvalue weighted by molar-refractivity contribution is -0.161. The van der Waals surface area contributed by atoms with E-state index in [0.717, 1.165) is 102 Å². The summed E-state index contributed by atoms with van der Waals surface area (Å²) < 4.78 is 68.5. The first kappa shape index (κ1) is 96.1. The van der Waals surface area contributed by atoms with E-state index in [1.165, 1.54) is 212 Å². The molecular formula is C79H154O17P2. The molecule has 0 aliphatic carbocycles. The summed E-state index contributed by atoms with van der Waals surface area (Å²) in [5.74, 6) is 0.0679. The number of aliphatic hydroxyl groups is 1. The lowest BCUT2D eigenvalue weighted by atomic mass is 10.0. The number of rotatable bonds is 77. The van der Waals surface area contributed by atoms with E-state index in [2.05, 4.69) is 48.5 Å². The summed E-state index contributed by atoms with van der Waals surface area (Å²) in [4.78, 5) is 72.8. The molecule has 0 aliphatic rings. The lowest BCUT2D eigenvalue weighted by Gasteiger charge is -2.21. The number of esters is 4. The van der Waals surface area contributed by atoms with Crippen LogP contribution in [0.3, 0.4) is 0 Å². The Hall–Kier alpha value is -1.94. The third-order valence-corrected chi connectivity index (χ3v) is 20.3. The van der Waals surface area contributed by atoms with E-state index in [0.29, 0.717) is 37.5 Å². The van der Waals surface area contributed by atoms with Gasteiger partial charge in [-0.05, 0) is 43.4 Å². The molecule has 0 fully saturated rings. The van der Waals surface area contributed by atoms with Gasteiger partial charge < -0.3 is 33.8 Å². The van der Waals surface area contributed by atoms with Crippen LogP contribution in [0.5, 0.6) is 0 Å². The number of carbonyl (C=O) groups excluding carboxylic acids is 4. The van der Waals surface area contributed by atoms with E-state index >= 15 is 0 Å². The minimum Gasteiger partial charge on any atom is -0.462 e. The summed E-state index contributed by atoms with van der Waals surface area (Å²) in [6, 6.07) is 0. The monoisotopic (exact) mass is 1440 g/mol. The molecule has 0 rings (SSSR count). The molecule has 19 heteroatoms. The molecule has 17 nitrogen and oxygen atoms in total. The molecule has 3 N–H and O–H groups in total. The van der Waals surface area contributed by atoms with Crippen LogP contribution in [0.1, 0.15) is 408 Å². The second-order valence-electron chi connectivity index (χ2n) is 29.9. The maximum Gasteiger partial charge on any atom is 0.472 e. The van der Waals surface area contributed by atoms with Crippen LogP contribution in [-0.4, -0.2) is 96.7 Å². The average molecular weight is 1440 g/mol. The van der Waals surface area contributed by atoms with Crippen molar-refractivity contribution in [1.29, 1.82) is 0 Å². The summed E-state index contributed by atoms with van der Waals surface area (Å²) in [7, 11) is -9.91. The first-order valence-electron chi connectivity index (χ1n) is 40.8. The number of carbonyl (C=O) groups is 4. The summed E-state index contributed by atoms with van der Waals surface area (Å²) in [6.07, 6.45) is 57.4. The minimum absolute atomic E-state index is 0.102. The number of phosphoric ester groups is 2. The molecule has 582 valence electrons.